The van der Waals surface area contributed by atoms with Gasteiger partial charge < -0.3 is 24.7 Å². The molecule has 0 bridgehead atoms. The van der Waals surface area contributed by atoms with Crippen LogP contribution in [0.15, 0.2) is 0 Å². The van der Waals surface area contributed by atoms with E-state index in [1.165, 1.54) is 0 Å². The highest BCUT2D eigenvalue weighted by Gasteiger charge is 2.25. The minimum absolute atomic E-state index is 0.180. The van der Waals surface area contributed by atoms with Crippen molar-refractivity contribution in [3.8, 4) is 0 Å². The van der Waals surface area contributed by atoms with Crippen molar-refractivity contribution in [2.45, 2.75) is 25.7 Å². The van der Waals surface area contributed by atoms with Gasteiger partial charge in [0.05, 0.1) is 25.0 Å². The molecule has 0 atom stereocenters. The summed E-state index contributed by atoms with van der Waals surface area (Å²) in [6.45, 7) is 6.39. The number of carbonyl (C=O) groups is 2. The van der Waals surface area contributed by atoms with Gasteiger partial charge in [0.15, 0.2) is 0 Å². The summed E-state index contributed by atoms with van der Waals surface area (Å²) in [6.07, 6.45) is 2.92. The molecule has 2 fully saturated rings. The first-order valence-electron chi connectivity index (χ1n) is 8.54. The van der Waals surface area contributed by atoms with Gasteiger partial charge in [0.1, 0.15) is 0 Å². The van der Waals surface area contributed by atoms with E-state index in [0.29, 0.717) is 13.2 Å². The van der Waals surface area contributed by atoms with Crippen LogP contribution in [-0.2, 0) is 14.3 Å². The van der Waals surface area contributed by atoms with E-state index < -0.39 is 11.9 Å². The molecule has 23 heavy (non-hydrogen) atoms. The van der Waals surface area contributed by atoms with Crippen LogP contribution in [0.1, 0.15) is 25.7 Å². The Morgan fingerprint density at radius 3 is 1.43 bits per heavy atom. The van der Waals surface area contributed by atoms with Crippen LogP contribution in [0.5, 0.6) is 0 Å². The number of rotatable bonds is 8. The minimum atomic E-state index is -0.674. The van der Waals surface area contributed by atoms with Crippen LogP contribution in [-0.4, -0.2) is 84.4 Å². The van der Waals surface area contributed by atoms with Gasteiger partial charge in [0.2, 0.25) is 0 Å². The molecule has 2 heterocycles. The van der Waals surface area contributed by atoms with Gasteiger partial charge in [-0.25, -0.2) is 0 Å². The lowest BCUT2D eigenvalue weighted by Gasteiger charge is -2.31. The largest absolute Gasteiger partial charge is 0.481 e. The number of likely N-dealkylation sites (tertiary alicyclic amines) is 2. The van der Waals surface area contributed by atoms with Crippen LogP contribution < -0.4 is 0 Å². The number of carboxylic acid groups (broad SMARTS) is 2. The van der Waals surface area contributed by atoms with Crippen molar-refractivity contribution < 1.29 is 24.5 Å². The molecule has 0 aromatic carbocycles. The maximum Gasteiger partial charge on any atom is 0.306 e. The zero-order valence-electron chi connectivity index (χ0n) is 13.7. The Morgan fingerprint density at radius 1 is 0.783 bits per heavy atom. The third kappa shape index (κ3) is 6.08. The van der Waals surface area contributed by atoms with E-state index in [0.717, 1.165) is 65.0 Å². The molecule has 2 saturated heterocycles. The van der Waals surface area contributed by atoms with Gasteiger partial charge >= 0.3 is 11.9 Å². The second kappa shape index (κ2) is 9.20. The first-order chi connectivity index (χ1) is 11.1. The molecule has 0 aromatic heterocycles. The predicted octanol–water partition coefficient (Wildman–Crippen LogP) is 0.596. The standard InChI is InChI=1S/C16H28N2O5/c19-15(20)13-1-5-17(6-2-13)9-11-23-12-10-18-7-3-14(4-8-18)16(21)22/h13-14H,1-12H2,(H,19,20)(H,21,22). The van der Waals surface area contributed by atoms with Crippen LogP contribution in [0.25, 0.3) is 0 Å². The molecule has 7 nitrogen and oxygen atoms in total. The van der Waals surface area contributed by atoms with Crippen LogP contribution in [0.3, 0.4) is 0 Å². The van der Waals surface area contributed by atoms with Crippen LogP contribution in [0.2, 0.25) is 0 Å². The lowest BCUT2D eigenvalue weighted by Crippen LogP contribution is -2.39. The first-order valence-corrected chi connectivity index (χ1v) is 8.54. The van der Waals surface area contributed by atoms with E-state index in [1.807, 2.05) is 0 Å². The van der Waals surface area contributed by atoms with E-state index >= 15 is 0 Å². The van der Waals surface area contributed by atoms with Crippen LogP contribution in [0.4, 0.5) is 0 Å². The molecule has 7 heteroatoms. The highest BCUT2D eigenvalue weighted by molar-refractivity contribution is 5.70. The molecule has 0 aliphatic carbocycles. The quantitative estimate of drug-likeness (QED) is 0.630. The Bertz CT molecular complexity index is 352. The molecule has 132 valence electrons. The van der Waals surface area contributed by atoms with Crippen LogP contribution in [0, 0.1) is 11.8 Å². The van der Waals surface area contributed by atoms with E-state index in [4.69, 9.17) is 14.9 Å². The summed E-state index contributed by atoms with van der Waals surface area (Å²) < 4.78 is 5.67. The van der Waals surface area contributed by atoms with E-state index in [1.54, 1.807) is 0 Å². The van der Waals surface area contributed by atoms with Crippen molar-refractivity contribution in [1.29, 1.82) is 0 Å². The van der Waals surface area contributed by atoms with Gasteiger partial charge in [-0.3, -0.25) is 9.59 Å². The third-order valence-electron chi connectivity index (χ3n) is 4.98. The van der Waals surface area contributed by atoms with Crippen molar-refractivity contribution in [1.82, 2.24) is 9.80 Å². The lowest BCUT2D eigenvalue weighted by atomic mass is 9.97. The fraction of sp³-hybridized carbons (Fsp3) is 0.875. The van der Waals surface area contributed by atoms with Gasteiger partial charge in [-0.05, 0) is 51.9 Å². The van der Waals surface area contributed by atoms with Crippen molar-refractivity contribution in [2.24, 2.45) is 11.8 Å². The van der Waals surface area contributed by atoms with E-state index in [-0.39, 0.29) is 11.8 Å². The maximum atomic E-state index is 10.9. The topological polar surface area (TPSA) is 90.3 Å². The Kier molecular flexibility index (Phi) is 7.26. The molecule has 0 spiro atoms. The molecule has 2 rings (SSSR count). The third-order valence-corrected chi connectivity index (χ3v) is 4.98. The fourth-order valence-corrected chi connectivity index (χ4v) is 3.30. The van der Waals surface area contributed by atoms with Crippen molar-refractivity contribution >= 4 is 11.9 Å². The SMILES string of the molecule is O=C(O)C1CCN(CCOCCN2CCC(C(=O)O)CC2)CC1. The second-order valence-electron chi connectivity index (χ2n) is 6.52. The highest BCUT2D eigenvalue weighted by atomic mass is 16.5. The summed E-state index contributed by atoms with van der Waals surface area (Å²) in [7, 11) is 0. The number of hydrogen-bond donors (Lipinski definition) is 2. The van der Waals surface area contributed by atoms with E-state index in [2.05, 4.69) is 9.80 Å². The van der Waals surface area contributed by atoms with Gasteiger partial charge in [-0.1, -0.05) is 0 Å². The molecular weight excluding hydrogens is 300 g/mol. The van der Waals surface area contributed by atoms with Crippen molar-refractivity contribution in [3.05, 3.63) is 0 Å². The summed E-state index contributed by atoms with van der Waals surface area (Å²) in [6, 6.07) is 0. The summed E-state index contributed by atoms with van der Waals surface area (Å²) in [4.78, 5) is 26.3. The number of hydrogen-bond acceptors (Lipinski definition) is 5. The molecule has 2 N–H and O–H groups in total. The molecule has 0 amide bonds. The molecule has 0 radical (unpaired) electrons. The molecule has 0 aromatic rings. The van der Waals surface area contributed by atoms with Gasteiger partial charge in [0, 0.05) is 13.1 Å². The lowest BCUT2D eigenvalue weighted by molar-refractivity contribution is -0.144. The molecular formula is C16H28N2O5. The summed E-state index contributed by atoms with van der Waals surface area (Å²) in [5.74, 6) is -1.71. The zero-order chi connectivity index (χ0) is 16.7. The van der Waals surface area contributed by atoms with E-state index in [9.17, 15) is 9.59 Å². The number of aliphatic carboxylic acids is 2. The van der Waals surface area contributed by atoms with Gasteiger partial charge in [-0.15, -0.1) is 0 Å². The van der Waals surface area contributed by atoms with Crippen molar-refractivity contribution in [2.75, 3.05) is 52.5 Å². The maximum absolute atomic E-state index is 10.9. The minimum Gasteiger partial charge on any atom is -0.481 e. The van der Waals surface area contributed by atoms with Crippen LogP contribution >= 0.6 is 0 Å². The number of nitrogens with zero attached hydrogens (tertiary/aromatic N) is 2. The monoisotopic (exact) mass is 328 g/mol. The molecule has 0 unspecified atom stereocenters. The normalized spacial score (nSPS) is 22.3. The fourth-order valence-electron chi connectivity index (χ4n) is 3.30. The number of carboxylic acids is 2. The Hall–Kier alpha value is -1.18. The Labute approximate surface area is 137 Å². The summed E-state index contributed by atoms with van der Waals surface area (Å²) >= 11 is 0. The molecule has 2 aliphatic rings. The zero-order valence-corrected chi connectivity index (χ0v) is 13.7. The summed E-state index contributed by atoms with van der Waals surface area (Å²) in [5.41, 5.74) is 0. The van der Waals surface area contributed by atoms with Crippen molar-refractivity contribution in [3.63, 3.8) is 0 Å². The summed E-state index contributed by atoms with van der Waals surface area (Å²) in [5, 5.41) is 17.9. The Morgan fingerprint density at radius 2 is 1.13 bits per heavy atom. The smallest absolute Gasteiger partial charge is 0.306 e. The highest BCUT2D eigenvalue weighted by Crippen LogP contribution is 2.17. The molecule has 0 saturated carbocycles. The van der Waals surface area contributed by atoms with Gasteiger partial charge in [0.25, 0.3) is 0 Å². The first kappa shape index (κ1) is 18.2. The second-order valence-corrected chi connectivity index (χ2v) is 6.52. The number of ether oxygens (including phenoxy) is 1. The molecule has 2 aliphatic heterocycles. The average Bonchev–Trinajstić information content (AvgIpc) is 2.55. The average molecular weight is 328 g/mol. The number of piperidine rings is 2. The predicted molar refractivity (Wildman–Crippen MR) is 84.4 cm³/mol. The Balaban J connectivity index is 1.47. The van der Waals surface area contributed by atoms with Gasteiger partial charge in [-0.2, -0.15) is 0 Å².